The van der Waals surface area contributed by atoms with Crippen LogP contribution >= 0.6 is 0 Å². The number of amides is 2. The Morgan fingerprint density at radius 3 is 2.55 bits per heavy atom. The van der Waals surface area contributed by atoms with E-state index in [1.54, 1.807) is 4.90 Å². The second-order valence-electron chi connectivity index (χ2n) is 6.25. The van der Waals surface area contributed by atoms with Crippen LogP contribution in [-0.4, -0.2) is 47.1 Å². The van der Waals surface area contributed by atoms with Gasteiger partial charge in [0.15, 0.2) is 0 Å². The molecule has 2 amide bonds. The summed E-state index contributed by atoms with van der Waals surface area (Å²) < 4.78 is 0. The molecule has 114 valence electrons. The van der Waals surface area contributed by atoms with Crippen LogP contribution in [0, 0.1) is 5.92 Å². The highest BCUT2D eigenvalue weighted by Crippen LogP contribution is 2.26. The molecular weight excluding hydrogens is 256 g/mol. The zero-order chi connectivity index (χ0) is 14.6. The zero-order valence-electron chi connectivity index (χ0n) is 12.4. The fourth-order valence-corrected chi connectivity index (χ4v) is 3.25. The first-order valence-electron chi connectivity index (χ1n) is 7.82. The van der Waals surface area contributed by atoms with Crippen LogP contribution in [0.4, 0.5) is 0 Å². The first kappa shape index (κ1) is 15.3. The number of nitrogens with zero attached hydrogens (tertiary/aromatic N) is 1. The largest absolute Gasteiger partial charge is 0.386 e. The first-order valence-corrected chi connectivity index (χ1v) is 7.82. The molecule has 2 N–H and O–H groups in total. The lowest BCUT2D eigenvalue weighted by molar-refractivity contribution is -0.156. The van der Waals surface area contributed by atoms with Crippen LogP contribution in [0.5, 0.6) is 0 Å². The third-order valence-electron chi connectivity index (χ3n) is 4.40. The van der Waals surface area contributed by atoms with E-state index in [0.29, 0.717) is 26.1 Å². The van der Waals surface area contributed by atoms with E-state index in [9.17, 15) is 14.7 Å². The fourth-order valence-electron chi connectivity index (χ4n) is 3.25. The van der Waals surface area contributed by atoms with Gasteiger partial charge in [0.25, 0.3) is 0 Å². The third kappa shape index (κ3) is 3.72. The smallest absolute Gasteiger partial charge is 0.224 e. The quantitative estimate of drug-likeness (QED) is 0.765. The number of nitrogens with one attached hydrogen (secondary N) is 1. The van der Waals surface area contributed by atoms with Crippen LogP contribution in [0.2, 0.25) is 0 Å². The highest BCUT2D eigenvalue weighted by Gasteiger charge is 2.42. The zero-order valence-corrected chi connectivity index (χ0v) is 12.4. The van der Waals surface area contributed by atoms with E-state index in [-0.39, 0.29) is 17.7 Å². The van der Waals surface area contributed by atoms with E-state index in [1.165, 1.54) is 0 Å². The Kier molecular flexibility index (Phi) is 5.02. The molecule has 0 unspecified atom stereocenters. The molecule has 1 saturated carbocycles. The van der Waals surface area contributed by atoms with Crippen molar-refractivity contribution >= 4 is 11.8 Å². The maximum absolute atomic E-state index is 11.9. The summed E-state index contributed by atoms with van der Waals surface area (Å²) >= 11 is 0. The number of aliphatic hydroxyl groups is 1. The highest BCUT2D eigenvalue weighted by atomic mass is 16.3. The predicted octanol–water partition coefficient (Wildman–Crippen LogP) is 1.06. The van der Waals surface area contributed by atoms with Crippen molar-refractivity contribution in [3.8, 4) is 0 Å². The van der Waals surface area contributed by atoms with Gasteiger partial charge in [0, 0.05) is 18.9 Å². The van der Waals surface area contributed by atoms with Gasteiger partial charge in [-0.2, -0.15) is 0 Å². The van der Waals surface area contributed by atoms with Crippen molar-refractivity contribution in [1.82, 2.24) is 10.2 Å². The van der Waals surface area contributed by atoms with Crippen molar-refractivity contribution in [2.24, 2.45) is 5.92 Å². The molecule has 0 aromatic rings. The summed E-state index contributed by atoms with van der Waals surface area (Å²) in [6.07, 6.45) is 6.25. The Bertz CT molecular complexity index is 358. The number of β-amino-alcohol motifs (C(OH)–C–C–N with tert-alkyl or cyclic N) is 1. The molecule has 20 heavy (non-hydrogen) atoms. The number of carbonyl (C=O) groups is 2. The van der Waals surface area contributed by atoms with E-state index < -0.39 is 5.60 Å². The van der Waals surface area contributed by atoms with Gasteiger partial charge >= 0.3 is 0 Å². The van der Waals surface area contributed by atoms with Crippen molar-refractivity contribution in [3.63, 3.8) is 0 Å². The molecule has 0 bridgehead atoms. The molecule has 0 atom stereocenters. The van der Waals surface area contributed by atoms with Crippen LogP contribution in [0.1, 0.15) is 51.9 Å². The van der Waals surface area contributed by atoms with Crippen LogP contribution < -0.4 is 5.32 Å². The SMILES string of the molecule is CCCC1(O)CN(C(=O)CCNC(=O)C2CCCC2)C1. The average molecular weight is 282 g/mol. The molecule has 2 fully saturated rings. The Balaban J connectivity index is 1.60. The number of hydrogen-bond acceptors (Lipinski definition) is 3. The maximum Gasteiger partial charge on any atom is 0.224 e. The average Bonchev–Trinajstić information content (AvgIpc) is 2.89. The molecule has 2 rings (SSSR count). The van der Waals surface area contributed by atoms with E-state index in [1.807, 2.05) is 6.92 Å². The van der Waals surface area contributed by atoms with Gasteiger partial charge in [-0.3, -0.25) is 9.59 Å². The molecule has 0 aromatic carbocycles. The minimum atomic E-state index is -0.669. The van der Waals surface area contributed by atoms with Gasteiger partial charge in [-0.15, -0.1) is 0 Å². The van der Waals surface area contributed by atoms with Crippen molar-refractivity contribution in [2.45, 2.75) is 57.5 Å². The maximum atomic E-state index is 11.9. The lowest BCUT2D eigenvalue weighted by Gasteiger charge is -2.46. The molecule has 0 spiro atoms. The van der Waals surface area contributed by atoms with Crippen molar-refractivity contribution in [3.05, 3.63) is 0 Å². The second-order valence-corrected chi connectivity index (χ2v) is 6.25. The summed E-state index contributed by atoms with van der Waals surface area (Å²) in [7, 11) is 0. The van der Waals surface area contributed by atoms with Crippen LogP contribution in [0.25, 0.3) is 0 Å². The fraction of sp³-hybridized carbons (Fsp3) is 0.867. The normalized spacial score (nSPS) is 21.6. The van der Waals surface area contributed by atoms with E-state index in [4.69, 9.17) is 0 Å². The van der Waals surface area contributed by atoms with E-state index in [0.717, 1.165) is 38.5 Å². The summed E-state index contributed by atoms with van der Waals surface area (Å²) in [5.74, 6) is 0.280. The molecule has 0 radical (unpaired) electrons. The first-order chi connectivity index (χ1) is 9.54. The molecule has 1 aliphatic heterocycles. The van der Waals surface area contributed by atoms with Gasteiger partial charge < -0.3 is 15.3 Å². The summed E-state index contributed by atoms with van der Waals surface area (Å²) in [4.78, 5) is 25.4. The molecule has 1 saturated heterocycles. The number of likely N-dealkylation sites (tertiary alicyclic amines) is 1. The van der Waals surface area contributed by atoms with Gasteiger partial charge in [-0.1, -0.05) is 26.2 Å². The van der Waals surface area contributed by atoms with Gasteiger partial charge in [-0.25, -0.2) is 0 Å². The van der Waals surface area contributed by atoms with Crippen molar-refractivity contribution < 1.29 is 14.7 Å². The summed E-state index contributed by atoms with van der Waals surface area (Å²) in [5, 5.41) is 12.9. The Labute approximate surface area is 120 Å². The number of rotatable bonds is 6. The van der Waals surface area contributed by atoms with Gasteiger partial charge in [0.1, 0.15) is 0 Å². The lowest BCUT2D eigenvalue weighted by Crippen LogP contribution is -2.63. The Morgan fingerprint density at radius 1 is 1.30 bits per heavy atom. The van der Waals surface area contributed by atoms with Crippen LogP contribution in [-0.2, 0) is 9.59 Å². The Hall–Kier alpha value is -1.10. The number of carbonyl (C=O) groups excluding carboxylic acids is 2. The summed E-state index contributed by atoms with van der Waals surface area (Å²) in [6, 6.07) is 0. The second kappa shape index (κ2) is 6.57. The topological polar surface area (TPSA) is 69.6 Å². The summed E-state index contributed by atoms with van der Waals surface area (Å²) in [6.45, 7) is 3.32. The van der Waals surface area contributed by atoms with Crippen molar-refractivity contribution in [1.29, 1.82) is 0 Å². The molecule has 1 heterocycles. The molecule has 1 aliphatic carbocycles. The van der Waals surface area contributed by atoms with E-state index >= 15 is 0 Å². The van der Waals surface area contributed by atoms with Gasteiger partial charge in [0.05, 0.1) is 18.7 Å². The molecule has 2 aliphatic rings. The molecule has 5 heteroatoms. The lowest BCUT2D eigenvalue weighted by atomic mass is 9.89. The minimum Gasteiger partial charge on any atom is -0.386 e. The van der Waals surface area contributed by atoms with Crippen LogP contribution in [0.3, 0.4) is 0 Å². The molecule has 0 aromatic heterocycles. The monoisotopic (exact) mass is 282 g/mol. The third-order valence-corrected chi connectivity index (χ3v) is 4.40. The minimum absolute atomic E-state index is 0.0255. The predicted molar refractivity (Wildman–Crippen MR) is 76.0 cm³/mol. The number of hydrogen-bond donors (Lipinski definition) is 2. The Morgan fingerprint density at radius 2 is 1.95 bits per heavy atom. The highest BCUT2D eigenvalue weighted by molar-refractivity contribution is 5.81. The van der Waals surface area contributed by atoms with Gasteiger partial charge in [-0.05, 0) is 19.3 Å². The molecule has 5 nitrogen and oxygen atoms in total. The van der Waals surface area contributed by atoms with Crippen molar-refractivity contribution in [2.75, 3.05) is 19.6 Å². The van der Waals surface area contributed by atoms with Crippen LogP contribution in [0.15, 0.2) is 0 Å². The van der Waals surface area contributed by atoms with E-state index in [2.05, 4.69) is 5.32 Å². The van der Waals surface area contributed by atoms with Gasteiger partial charge in [0.2, 0.25) is 11.8 Å². The summed E-state index contributed by atoms with van der Waals surface area (Å²) in [5.41, 5.74) is -0.669. The standard InChI is InChI=1S/C15H26N2O3/c1-2-8-15(20)10-17(11-15)13(18)7-9-16-14(19)12-5-3-4-6-12/h12,20H,2-11H2,1H3,(H,16,19). The molecular formula is C15H26N2O3.